The first-order chi connectivity index (χ1) is 22.2. The van der Waals surface area contributed by atoms with E-state index in [1.54, 1.807) is 61.5 Å². The number of ether oxygens (including phenoxy) is 1. The number of nitrogens with zero attached hydrogens (tertiary/aromatic N) is 2. The number of aryl methyl sites for hydroxylation is 1. The number of hydrogen-bond donors (Lipinski definition) is 1. The number of methoxy groups -OCH3 is 1. The maximum atomic E-state index is 14.4. The lowest BCUT2D eigenvalue weighted by Gasteiger charge is -2.33. The van der Waals surface area contributed by atoms with E-state index in [-0.39, 0.29) is 17.9 Å². The lowest BCUT2D eigenvalue weighted by atomic mass is 10.0. The van der Waals surface area contributed by atoms with Crippen LogP contribution in [0.3, 0.4) is 0 Å². The van der Waals surface area contributed by atoms with Crippen molar-refractivity contribution in [2.24, 2.45) is 0 Å². The van der Waals surface area contributed by atoms with Crippen LogP contribution in [0.1, 0.15) is 22.3 Å². The van der Waals surface area contributed by atoms with Crippen molar-refractivity contribution in [3.05, 3.63) is 124 Å². The van der Waals surface area contributed by atoms with Gasteiger partial charge in [0.25, 0.3) is 10.0 Å². The molecule has 0 saturated heterocycles. The van der Waals surface area contributed by atoms with Crippen molar-refractivity contribution < 1.29 is 35.9 Å². The number of carbonyl (C=O) groups excluding carboxylic acids is 2. The van der Waals surface area contributed by atoms with Crippen LogP contribution >= 0.6 is 11.6 Å². The highest BCUT2D eigenvalue weighted by atomic mass is 35.5. The van der Waals surface area contributed by atoms with Gasteiger partial charge in [0.05, 0.1) is 28.3 Å². The molecular weight excluding hydrogens is 655 g/mol. The van der Waals surface area contributed by atoms with Crippen molar-refractivity contribution in [1.29, 1.82) is 0 Å². The predicted octanol–water partition coefficient (Wildman–Crippen LogP) is 6.26. The van der Waals surface area contributed by atoms with Crippen LogP contribution in [0.2, 0.25) is 5.02 Å². The van der Waals surface area contributed by atoms with Crippen LogP contribution in [0.25, 0.3) is 0 Å². The standard InChI is InChI=1S/C34H33ClF3N3O5S/c1-23-12-15-28(16-13-23)47(44,45)41(26-14-17-30(35)29(20-26)34(36,37)38)22-32(42)40(21-25-10-7-11-27(18-25)46-3)31(33(43)39-2)19-24-8-5-4-6-9-24/h4-18,20,31H,19,21-22H2,1-3H3,(H,39,43)/t31-/m0/s1. The highest BCUT2D eigenvalue weighted by Crippen LogP contribution is 2.38. The molecule has 0 fully saturated rings. The lowest BCUT2D eigenvalue weighted by Crippen LogP contribution is -2.53. The average Bonchev–Trinajstić information content (AvgIpc) is 3.05. The van der Waals surface area contributed by atoms with Gasteiger partial charge in [-0.2, -0.15) is 13.2 Å². The number of likely N-dealkylation sites (N-methyl/N-ethyl adjacent to an activating group) is 1. The summed E-state index contributed by atoms with van der Waals surface area (Å²) in [7, 11) is -1.73. The van der Waals surface area contributed by atoms with E-state index >= 15 is 0 Å². The molecule has 0 aliphatic rings. The van der Waals surface area contributed by atoms with Crippen molar-refractivity contribution in [2.75, 3.05) is 25.0 Å². The molecular formula is C34H33ClF3N3O5S. The molecule has 0 saturated carbocycles. The maximum absolute atomic E-state index is 14.4. The van der Waals surface area contributed by atoms with Gasteiger partial charge < -0.3 is 15.0 Å². The Morgan fingerprint density at radius 2 is 1.57 bits per heavy atom. The first-order valence-corrected chi connectivity index (χ1v) is 16.2. The number of nitrogens with one attached hydrogen (secondary N) is 1. The van der Waals surface area contributed by atoms with E-state index in [0.29, 0.717) is 21.7 Å². The Labute approximate surface area is 276 Å². The first kappa shape index (κ1) is 35.3. The quantitative estimate of drug-likeness (QED) is 0.190. The number of alkyl halides is 3. The lowest BCUT2D eigenvalue weighted by molar-refractivity contribution is -0.139. The summed E-state index contributed by atoms with van der Waals surface area (Å²) in [6.45, 7) is 0.670. The number of hydrogen-bond acceptors (Lipinski definition) is 5. The zero-order valence-corrected chi connectivity index (χ0v) is 27.4. The number of sulfonamides is 1. The topological polar surface area (TPSA) is 96.0 Å². The third kappa shape index (κ3) is 8.63. The predicted molar refractivity (Wildman–Crippen MR) is 174 cm³/mol. The van der Waals surface area contributed by atoms with E-state index < -0.39 is 56.9 Å². The van der Waals surface area contributed by atoms with Gasteiger partial charge in [-0.3, -0.25) is 13.9 Å². The van der Waals surface area contributed by atoms with Gasteiger partial charge in [0.2, 0.25) is 11.8 Å². The smallest absolute Gasteiger partial charge is 0.417 e. The van der Waals surface area contributed by atoms with Crippen molar-refractivity contribution in [1.82, 2.24) is 10.2 Å². The zero-order chi connectivity index (χ0) is 34.4. The Kier molecular flexibility index (Phi) is 11.2. The van der Waals surface area contributed by atoms with E-state index in [2.05, 4.69) is 5.32 Å². The van der Waals surface area contributed by atoms with E-state index in [4.69, 9.17) is 16.3 Å². The summed E-state index contributed by atoms with van der Waals surface area (Å²) in [4.78, 5) is 28.7. The highest BCUT2D eigenvalue weighted by molar-refractivity contribution is 7.92. The van der Waals surface area contributed by atoms with Crippen LogP contribution in [0, 0.1) is 6.92 Å². The summed E-state index contributed by atoms with van der Waals surface area (Å²) in [6.07, 6.45) is -4.84. The van der Waals surface area contributed by atoms with Crippen LogP contribution in [0.4, 0.5) is 18.9 Å². The number of benzene rings is 4. The van der Waals surface area contributed by atoms with Gasteiger partial charge in [0.1, 0.15) is 18.3 Å². The Morgan fingerprint density at radius 3 is 2.19 bits per heavy atom. The minimum absolute atomic E-state index is 0.0695. The number of halogens is 4. The van der Waals surface area contributed by atoms with Crippen LogP contribution in [0.5, 0.6) is 5.75 Å². The minimum Gasteiger partial charge on any atom is -0.497 e. The summed E-state index contributed by atoms with van der Waals surface area (Å²) < 4.78 is 75.8. The molecule has 13 heteroatoms. The second-order valence-corrected chi connectivity index (χ2v) is 12.9. The summed E-state index contributed by atoms with van der Waals surface area (Å²) in [5.74, 6) is -0.876. The molecule has 1 N–H and O–H groups in total. The summed E-state index contributed by atoms with van der Waals surface area (Å²) >= 11 is 5.86. The second-order valence-electron chi connectivity index (χ2n) is 10.7. The largest absolute Gasteiger partial charge is 0.497 e. The third-order valence-electron chi connectivity index (χ3n) is 7.44. The number of carbonyl (C=O) groups is 2. The normalized spacial score (nSPS) is 12.2. The molecule has 0 unspecified atom stereocenters. The highest BCUT2D eigenvalue weighted by Gasteiger charge is 2.37. The molecule has 4 rings (SSSR count). The van der Waals surface area contributed by atoms with Gasteiger partial charge in [-0.1, -0.05) is 71.8 Å². The fourth-order valence-electron chi connectivity index (χ4n) is 4.94. The van der Waals surface area contributed by atoms with Gasteiger partial charge in [-0.25, -0.2) is 8.42 Å². The third-order valence-corrected chi connectivity index (χ3v) is 9.55. The van der Waals surface area contributed by atoms with E-state index in [9.17, 15) is 31.2 Å². The fraction of sp³-hybridized carbons (Fsp3) is 0.235. The summed E-state index contributed by atoms with van der Waals surface area (Å²) in [6, 6.07) is 22.9. The van der Waals surface area contributed by atoms with E-state index in [0.717, 1.165) is 23.3 Å². The first-order valence-electron chi connectivity index (χ1n) is 14.4. The molecule has 0 heterocycles. The van der Waals surface area contributed by atoms with E-state index in [1.807, 2.05) is 0 Å². The fourth-order valence-corrected chi connectivity index (χ4v) is 6.57. The molecule has 0 radical (unpaired) electrons. The van der Waals surface area contributed by atoms with Crippen LogP contribution in [0.15, 0.2) is 102 Å². The average molecular weight is 688 g/mol. The van der Waals surface area contributed by atoms with E-state index in [1.165, 1.54) is 43.3 Å². The molecule has 0 spiro atoms. The van der Waals surface area contributed by atoms with Crippen LogP contribution in [-0.4, -0.2) is 51.9 Å². The van der Waals surface area contributed by atoms with Gasteiger partial charge in [0.15, 0.2) is 0 Å². The SMILES string of the molecule is CNC(=O)[C@H](Cc1ccccc1)N(Cc1cccc(OC)c1)C(=O)CN(c1ccc(Cl)c(C(F)(F)F)c1)S(=O)(=O)c1ccc(C)cc1. The van der Waals surface area contributed by atoms with Gasteiger partial charge in [-0.15, -0.1) is 0 Å². The summed E-state index contributed by atoms with van der Waals surface area (Å²) in [5.41, 5.74) is 0.334. The minimum atomic E-state index is -4.91. The van der Waals surface area contributed by atoms with Crippen molar-refractivity contribution in [2.45, 2.75) is 37.0 Å². The van der Waals surface area contributed by atoms with Gasteiger partial charge >= 0.3 is 6.18 Å². The second kappa shape index (κ2) is 14.9. The Bertz CT molecular complexity index is 1820. The molecule has 47 heavy (non-hydrogen) atoms. The molecule has 0 bridgehead atoms. The number of anilines is 1. The molecule has 8 nitrogen and oxygen atoms in total. The van der Waals surface area contributed by atoms with Crippen LogP contribution in [-0.2, 0) is 38.8 Å². The molecule has 4 aromatic carbocycles. The number of rotatable bonds is 12. The van der Waals surface area contributed by atoms with Crippen molar-refractivity contribution in [3.8, 4) is 5.75 Å². The molecule has 248 valence electrons. The molecule has 1 atom stereocenters. The van der Waals surface area contributed by atoms with Crippen LogP contribution < -0.4 is 14.4 Å². The van der Waals surface area contributed by atoms with Gasteiger partial charge in [-0.05, 0) is 60.5 Å². The molecule has 0 aliphatic heterocycles. The molecule has 0 aliphatic carbocycles. The summed E-state index contributed by atoms with van der Waals surface area (Å²) in [5, 5.41) is 1.94. The van der Waals surface area contributed by atoms with Gasteiger partial charge in [0, 0.05) is 20.0 Å². The Hall–Kier alpha value is -4.55. The van der Waals surface area contributed by atoms with Crippen molar-refractivity contribution >= 4 is 39.1 Å². The molecule has 0 aromatic heterocycles. The zero-order valence-electron chi connectivity index (χ0n) is 25.8. The Morgan fingerprint density at radius 1 is 0.915 bits per heavy atom. The number of amides is 2. The Balaban J connectivity index is 1.86. The molecule has 2 amide bonds. The maximum Gasteiger partial charge on any atom is 0.417 e. The molecule has 4 aromatic rings. The monoisotopic (exact) mass is 687 g/mol. The van der Waals surface area contributed by atoms with Crippen molar-refractivity contribution in [3.63, 3.8) is 0 Å².